The van der Waals surface area contributed by atoms with Crippen molar-refractivity contribution in [3.63, 3.8) is 0 Å². The van der Waals surface area contributed by atoms with Crippen LogP contribution in [-0.2, 0) is 14.3 Å². The van der Waals surface area contributed by atoms with Crippen molar-refractivity contribution in [3.05, 3.63) is 0 Å². The van der Waals surface area contributed by atoms with E-state index in [0.717, 1.165) is 6.92 Å². The molecule has 17 heavy (non-hydrogen) atoms. The second-order valence-corrected chi connectivity index (χ2v) is 3.82. The summed E-state index contributed by atoms with van der Waals surface area (Å²) in [7, 11) is 0. The van der Waals surface area contributed by atoms with Gasteiger partial charge < -0.3 is 30.5 Å². The van der Waals surface area contributed by atoms with Crippen molar-refractivity contribution in [1.82, 2.24) is 5.32 Å². The summed E-state index contributed by atoms with van der Waals surface area (Å²) in [6.07, 6.45) is -5.70. The Morgan fingerprint density at radius 3 is 2.29 bits per heavy atom. The molecule has 5 N–H and O–H groups in total. The van der Waals surface area contributed by atoms with Gasteiger partial charge in [-0.25, -0.2) is 4.79 Å². The molecule has 1 heterocycles. The number of aliphatic carboxylic acids is 1. The van der Waals surface area contributed by atoms with Crippen LogP contribution in [0.15, 0.2) is 0 Å². The van der Waals surface area contributed by atoms with Crippen molar-refractivity contribution in [2.45, 2.75) is 37.4 Å². The highest BCUT2D eigenvalue weighted by atomic mass is 16.5. The van der Waals surface area contributed by atoms with Gasteiger partial charge in [0.2, 0.25) is 5.91 Å². The molecule has 1 fully saturated rings. The van der Waals surface area contributed by atoms with Gasteiger partial charge in [0.05, 0.1) is 12.6 Å². The number of carbonyl (C=O) groups is 2. The number of hydrogen-bond donors (Lipinski definition) is 5. The first-order valence-corrected chi connectivity index (χ1v) is 5.00. The van der Waals surface area contributed by atoms with Gasteiger partial charge in [0.15, 0.2) is 6.10 Å². The van der Waals surface area contributed by atoms with Crippen LogP contribution in [0.5, 0.6) is 0 Å². The lowest BCUT2D eigenvalue weighted by molar-refractivity contribution is -0.206. The molecule has 8 heteroatoms. The second kappa shape index (κ2) is 5.41. The second-order valence-electron chi connectivity index (χ2n) is 3.82. The van der Waals surface area contributed by atoms with Gasteiger partial charge in [0, 0.05) is 6.92 Å². The van der Waals surface area contributed by atoms with Gasteiger partial charge >= 0.3 is 5.97 Å². The molecule has 0 aromatic rings. The van der Waals surface area contributed by atoms with E-state index in [-0.39, 0.29) is 0 Å². The number of carbonyl (C=O) groups excluding carboxylic acids is 1. The summed E-state index contributed by atoms with van der Waals surface area (Å²) in [6, 6.07) is -1.26. The first-order chi connectivity index (χ1) is 7.88. The summed E-state index contributed by atoms with van der Waals surface area (Å²) >= 11 is 0. The number of nitrogens with one attached hydrogen (secondary N) is 1. The van der Waals surface area contributed by atoms with E-state index in [1.165, 1.54) is 0 Å². The average molecular weight is 249 g/mol. The lowest BCUT2D eigenvalue weighted by Crippen LogP contribution is -2.65. The van der Waals surface area contributed by atoms with E-state index in [2.05, 4.69) is 5.32 Å². The Labute approximate surface area is 96.8 Å². The van der Waals surface area contributed by atoms with E-state index in [4.69, 9.17) is 14.9 Å². The van der Waals surface area contributed by atoms with Crippen molar-refractivity contribution in [2.75, 3.05) is 6.61 Å². The Morgan fingerprint density at radius 1 is 1.29 bits per heavy atom. The first-order valence-electron chi connectivity index (χ1n) is 5.00. The van der Waals surface area contributed by atoms with E-state index < -0.39 is 48.9 Å². The molecule has 0 radical (unpaired) electrons. The lowest BCUT2D eigenvalue weighted by atomic mass is 9.92. The molecule has 0 aromatic heterocycles. The van der Waals surface area contributed by atoms with Crippen molar-refractivity contribution in [1.29, 1.82) is 0 Å². The lowest BCUT2D eigenvalue weighted by Gasteiger charge is -2.40. The highest BCUT2D eigenvalue weighted by molar-refractivity contribution is 5.77. The smallest absolute Gasteiger partial charge is 0.335 e. The number of aliphatic hydroxyl groups is 3. The van der Waals surface area contributed by atoms with Gasteiger partial charge in [0.1, 0.15) is 18.3 Å². The van der Waals surface area contributed by atoms with E-state index >= 15 is 0 Å². The number of carboxylic acids is 1. The van der Waals surface area contributed by atoms with Gasteiger partial charge in [-0.05, 0) is 0 Å². The summed E-state index contributed by atoms with van der Waals surface area (Å²) < 4.78 is 4.92. The van der Waals surface area contributed by atoms with Gasteiger partial charge in [-0.3, -0.25) is 4.79 Å². The van der Waals surface area contributed by atoms with Crippen molar-refractivity contribution in [3.8, 4) is 0 Å². The largest absolute Gasteiger partial charge is 0.479 e. The van der Waals surface area contributed by atoms with Crippen LogP contribution in [0.4, 0.5) is 0 Å². The van der Waals surface area contributed by atoms with E-state index in [9.17, 15) is 19.8 Å². The van der Waals surface area contributed by atoms with Crippen molar-refractivity contribution in [2.24, 2.45) is 0 Å². The van der Waals surface area contributed by atoms with Gasteiger partial charge in [-0.15, -0.1) is 0 Å². The molecule has 0 aromatic carbocycles. The average Bonchev–Trinajstić information content (AvgIpc) is 2.24. The van der Waals surface area contributed by atoms with Crippen LogP contribution in [0, 0.1) is 0 Å². The van der Waals surface area contributed by atoms with Gasteiger partial charge in [-0.1, -0.05) is 0 Å². The molecule has 98 valence electrons. The number of aliphatic hydroxyl groups excluding tert-OH is 3. The Hall–Kier alpha value is -1.22. The molecule has 0 saturated carbocycles. The van der Waals surface area contributed by atoms with Crippen LogP contribution in [0.25, 0.3) is 0 Å². The standard InChI is InChI=1S/C9H15NO7/c1-3(12)10-5-7(14)6(13)4(2-11)17-8(5)9(15)16/h4-8,11,13-14H,2H2,1H3,(H,10,12)(H,15,16)/t4-,5+,6-,7-,8-/m1/s1. The van der Waals surface area contributed by atoms with Crippen molar-refractivity contribution >= 4 is 11.9 Å². The first kappa shape index (κ1) is 13.8. The minimum absolute atomic E-state index is 0.557. The molecule has 0 unspecified atom stereocenters. The molecule has 1 aliphatic rings. The maximum absolute atomic E-state index is 10.9. The SMILES string of the molecule is CC(=O)N[C@H]1[C@@H](O)[C@H](O)[C@@H](CO)O[C@H]1C(=O)O. The van der Waals surface area contributed by atoms with Crippen molar-refractivity contribution < 1.29 is 34.8 Å². The summed E-state index contributed by atoms with van der Waals surface area (Å²) in [5.74, 6) is -1.95. The normalized spacial score (nSPS) is 37.5. The molecular formula is C9H15NO7. The third-order valence-electron chi connectivity index (χ3n) is 2.54. The number of amides is 1. The zero-order valence-electron chi connectivity index (χ0n) is 9.11. The number of ether oxygens (including phenoxy) is 1. The monoisotopic (exact) mass is 249 g/mol. The third-order valence-corrected chi connectivity index (χ3v) is 2.54. The number of carboxylic acid groups (broad SMARTS) is 1. The molecule has 0 aliphatic carbocycles. The van der Waals surface area contributed by atoms with E-state index in [1.807, 2.05) is 0 Å². The van der Waals surface area contributed by atoms with Gasteiger partial charge in [-0.2, -0.15) is 0 Å². The van der Waals surface area contributed by atoms with E-state index in [0.29, 0.717) is 0 Å². The zero-order valence-corrected chi connectivity index (χ0v) is 9.11. The predicted octanol–water partition coefficient (Wildman–Crippen LogP) is -2.94. The Bertz CT molecular complexity index is 308. The summed E-state index contributed by atoms with van der Waals surface area (Å²) in [4.78, 5) is 21.8. The Kier molecular flexibility index (Phi) is 4.40. The molecular weight excluding hydrogens is 234 g/mol. The predicted molar refractivity (Wildman–Crippen MR) is 53.0 cm³/mol. The zero-order chi connectivity index (χ0) is 13.2. The molecule has 0 spiro atoms. The van der Waals surface area contributed by atoms with Crippen LogP contribution in [-0.4, -0.2) is 69.4 Å². The quantitative estimate of drug-likeness (QED) is 0.361. The van der Waals surface area contributed by atoms with Crippen LogP contribution in [0.2, 0.25) is 0 Å². The van der Waals surface area contributed by atoms with E-state index in [1.54, 1.807) is 0 Å². The maximum atomic E-state index is 10.9. The van der Waals surface area contributed by atoms with Crippen LogP contribution in [0.1, 0.15) is 6.92 Å². The van der Waals surface area contributed by atoms with Gasteiger partial charge in [0.25, 0.3) is 0 Å². The highest BCUT2D eigenvalue weighted by Crippen LogP contribution is 2.21. The third kappa shape index (κ3) is 2.91. The number of rotatable bonds is 3. The molecule has 8 nitrogen and oxygen atoms in total. The Morgan fingerprint density at radius 2 is 1.88 bits per heavy atom. The Balaban J connectivity index is 2.90. The fourth-order valence-electron chi connectivity index (χ4n) is 1.72. The van der Waals surface area contributed by atoms with Crippen LogP contribution in [0.3, 0.4) is 0 Å². The molecule has 1 amide bonds. The fraction of sp³-hybridized carbons (Fsp3) is 0.778. The molecule has 5 atom stereocenters. The minimum Gasteiger partial charge on any atom is -0.479 e. The highest BCUT2D eigenvalue weighted by Gasteiger charge is 2.47. The molecule has 1 rings (SSSR count). The molecule has 1 saturated heterocycles. The van der Waals surface area contributed by atoms with Crippen LogP contribution >= 0.6 is 0 Å². The number of hydrogen-bond acceptors (Lipinski definition) is 6. The summed E-state index contributed by atoms with van der Waals surface area (Å²) in [5, 5.41) is 39.2. The fourth-order valence-corrected chi connectivity index (χ4v) is 1.72. The van der Waals surface area contributed by atoms with Crippen LogP contribution < -0.4 is 5.32 Å². The maximum Gasteiger partial charge on any atom is 0.335 e. The topological polar surface area (TPSA) is 136 Å². The summed E-state index contributed by atoms with van der Waals surface area (Å²) in [5.41, 5.74) is 0. The minimum atomic E-state index is -1.52. The summed E-state index contributed by atoms with van der Waals surface area (Å²) in [6.45, 7) is 0.519. The molecule has 0 bridgehead atoms. The molecule has 1 aliphatic heterocycles.